The van der Waals surface area contributed by atoms with Gasteiger partial charge in [0, 0.05) is 0 Å². The molecule has 0 saturated carbocycles. The predicted octanol–water partition coefficient (Wildman–Crippen LogP) is 0.715. The third-order valence-electron chi connectivity index (χ3n) is 4.62. The van der Waals surface area contributed by atoms with Crippen molar-refractivity contribution in [3.05, 3.63) is 54.1 Å². The van der Waals surface area contributed by atoms with Crippen molar-refractivity contribution in [2.75, 3.05) is 31.2 Å². The van der Waals surface area contributed by atoms with E-state index in [1.165, 1.54) is 6.07 Å². The number of carbonyl (C=O) groups excluding carboxylic acids is 4. The SMILES string of the molecule is O=C(COC(=O)CN1C(=O)C(=O)c2ccccc21)NC[C@@H]1COc2ccccc2O1. The van der Waals surface area contributed by atoms with E-state index in [0.29, 0.717) is 17.2 Å². The molecule has 2 heterocycles. The second-order valence-electron chi connectivity index (χ2n) is 6.70. The van der Waals surface area contributed by atoms with E-state index >= 15 is 0 Å². The summed E-state index contributed by atoms with van der Waals surface area (Å²) in [7, 11) is 0. The number of ether oxygens (including phenoxy) is 3. The van der Waals surface area contributed by atoms with Crippen LogP contribution in [0.3, 0.4) is 0 Å². The number of ketones is 1. The third kappa shape index (κ3) is 3.95. The fourth-order valence-electron chi connectivity index (χ4n) is 3.17. The highest BCUT2D eigenvalue weighted by molar-refractivity contribution is 6.52. The topological polar surface area (TPSA) is 111 Å². The minimum absolute atomic E-state index is 0.178. The van der Waals surface area contributed by atoms with E-state index in [-0.39, 0.29) is 24.8 Å². The van der Waals surface area contributed by atoms with Crippen LogP contribution < -0.4 is 19.7 Å². The van der Waals surface area contributed by atoms with Gasteiger partial charge in [0.15, 0.2) is 18.1 Å². The lowest BCUT2D eigenvalue weighted by Crippen LogP contribution is -2.42. The van der Waals surface area contributed by atoms with E-state index in [1.807, 2.05) is 12.1 Å². The Morgan fingerprint density at radius 3 is 2.63 bits per heavy atom. The molecule has 0 fully saturated rings. The maximum atomic E-state index is 12.1. The number of esters is 1. The minimum Gasteiger partial charge on any atom is -0.486 e. The summed E-state index contributed by atoms with van der Waals surface area (Å²) >= 11 is 0. The number of hydrogen-bond acceptors (Lipinski definition) is 7. The standard InChI is InChI=1S/C21H18N2O7/c24-18(22-9-13-11-28-16-7-3-4-8-17(16)30-13)12-29-19(25)10-23-15-6-2-1-5-14(15)20(26)21(23)27/h1-8,13H,9-12H2,(H,22,24)/t13-/m1/s1. The fourth-order valence-corrected chi connectivity index (χ4v) is 3.17. The molecule has 2 aliphatic heterocycles. The quantitative estimate of drug-likeness (QED) is 0.552. The van der Waals surface area contributed by atoms with Crippen LogP contribution in [0.2, 0.25) is 0 Å². The van der Waals surface area contributed by atoms with Gasteiger partial charge in [0.25, 0.3) is 17.6 Å². The van der Waals surface area contributed by atoms with Crippen molar-refractivity contribution in [2.45, 2.75) is 6.10 Å². The van der Waals surface area contributed by atoms with Crippen LogP contribution in [-0.4, -0.2) is 56.0 Å². The largest absolute Gasteiger partial charge is 0.486 e. The van der Waals surface area contributed by atoms with Gasteiger partial charge in [-0.2, -0.15) is 0 Å². The molecular formula is C21H18N2O7. The summed E-state index contributed by atoms with van der Waals surface area (Å²) in [5, 5.41) is 2.61. The number of nitrogens with zero attached hydrogens (tertiary/aromatic N) is 1. The molecule has 0 radical (unpaired) electrons. The summed E-state index contributed by atoms with van der Waals surface area (Å²) in [6, 6.07) is 13.6. The zero-order chi connectivity index (χ0) is 21.1. The van der Waals surface area contributed by atoms with Gasteiger partial charge < -0.3 is 19.5 Å². The van der Waals surface area contributed by atoms with Crippen molar-refractivity contribution in [3.8, 4) is 11.5 Å². The minimum atomic E-state index is -0.799. The molecule has 1 atom stereocenters. The van der Waals surface area contributed by atoms with E-state index in [0.717, 1.165) is 4.90 Å². The molecule has 0 unspecified atom stereocenters. The molecule has 4 rings (SSSR count). The number of rotatable bonds is 6. The highest BCUT2D eigenvalue weighted by atomic mass is 16.6. The van der Waals surface area contributed by atoms with Crippen LogP contribution in [0.5, 0.6) is 11.5 Å². The second-order valence-corrected chi connectivity index (χ2v) is 6.70. The first-order valence-corrected chi connectivity index (χ1v) is 9.29. The fraction of sp³-hybridized carbons (Fsp3) is 0.238. The summed E-state index contributed by atoms with van der Waals surface area (Å²) in [5.74, 6) is -1.55. The van der Waals surface area contributed by atoms with Crippen LogP contribution in [0.25, 0.3) is 0 Å². The molecule has 0 aliphatic carbocycles. The van der Waals surface area contributed by atoms with E-state index < -0.39 is 36.7 Å². The van der Waals surface area contributed by atoms with Crippen LogP contribution in [-0.2, 0) is 19.1 Å². The first kappa shape index (κ1) is 19.4. The molecule has 9 nitrogen and oxygen atoms in total. The number of carbonyl (C=O) groups is 4. The van der Waals surface area contributed by atoms with Crippen LogP contribution in [0, 0.1) is 0 Å². The van der Waals surface area contributed by atoms with Crippen molar-refractivity contribution in [1.82, 2.24) is 5.32 Å². The molecule has 0 spiro atoms. The van der Waals surface area contributed by atoms with Crippen molar-refractivity contribution in [1.29, 1.82) is 0 Å². The van der Waals surface area contributed by atoms with Crippen LogP contribution in [0.15, 0.2) is 48.5 Å². The molecule has 0 bridgehead atoms. The number of benzene rings is 2. The highest BCUT2D eigenvalue weighted by Crippen LogP contribution is 2.30. The van der Waals surface area contributed by atoms with Gasteiger partial charge in [0.2, 0.25) is 0 Å². The van der Waals surface area contributed by atoms with Gasteiger partial charge in [-0.1, -0.05) is 24.3 Å². The Morgan fingerprint density at radius 1 is 1.07 bits per heavy atom. The van der Waals surface area contributed by atoms with Crippen LogP contribution in [0.4, 0.5) is 5.69 Å². The lowest BCUT2D eigenvalue weighted by atomic mass is 10.1. The Kier molecular flexibility index (Phi) is 5.34. The van der Waals surface area contributed by atoms with Gasteiger partial charge in [-0.05, 0) is 24.3 Å². The maximum absolute atomic E-state index is 12.1. The van der Waals surface area contributed by atoms with Gasteiger partial charge in [0.05, 0.1) is 17.8 Å². The van der Waals surface area contributed by atoms with Crippen LogP contribution >= 0.6 is 0 Å². The number of para-hydroxylation sites is 3. The molecule has 2 aromatic rings. The van der Waals surface area contributed by atoms with Gasteiger partial charge in [-0.3, -0.25) is 24.1 Å². The first-order valence-electron chi connectivity index (χ1n) is 9.29. The summed E-state index contributed by atoms with van der Waals surface area (Å²) in [6.45, 7) is -0.509. The predicted molar refractivity (Wildman–Crippen MR) is 103 cm³/mol. The smallest absolute Gasteiger partial charge is 0.326 e. The zero-order valence-corrected chi connectivity index (χ0v) is 15.8. The summed E-state index contributed by atoms with van der Waals surface area (Å²) < 4.78 is 16.2. The number of Topliss-reactive ketones (excluding diaryl/α,β-unsaturated/α-hetero) is 1. The molecule has 2 amide bonds. The normalized spacial score (nSPS) is 16.8. The Labute approximate surface area is 171 Å². The van der Waals surface area contributed by atoms with Gasteiger partial charge in [-0.25, -0.2) is 0 Å². The molecule has 2 aliphatic rings. The number of anilines is 1. The molecule has 154 valence electrons. The zero-order valence-electron chi connectivity index (χ0n) is 15.8. The van der Waals surface area contributed by atoms with E-state index in [9.17, 15) is 19.2 Å². The number of amides is 2. The Bertz CT molecular complexity index is 1020. The van der Waals surface area contributed by atoms with Crippen molar-refractivity contribution in [2.24, 2.45) is 0 Å². The molecule has 0 aromatic heterocycles. The Hall–Kier alpha value is -3.88. The number of nitrogens with one attached hydrogen (secondary N) is 1. The third-order valence-corrected chi connectivity index (χ3v) is 4.62. The molecule has 1 N–H and O–H groups in total. The molecule has 9 heteroatoms. The molecular weight excluding hydrogens is 392 g/mol. The average molecular weight is 410 g/mol. The number of hydrogen-bond donors (Lipinski definition) is 1. The monoisotopic (exact) mass is 410 g/mol. The maximum Gasteiger partial charge on any atom is 0.326 e. The van der Waals surface area contributed by atoms with Crippen LogP contribution in [0.1, 0.15) is 10.4 Å². The van der Waals surface area contributed by atoms with Gasteiger partial charge in [0.1, 0.15) is 19.3 Å². The summed E-state index contributed by atoms with van der Waals surface area (Å²) in [6.07, 6.45) is -0.371. The van der Waals surface area contributed by atoms with Gasteiger partial charge in [-0.15, -0.1) is 0 Å². The lowest BCUT2D eigenvalue weighted by molar-refractivity contribution is -0.147. The van der Waals surface area contributed by atoms with Gasteiger partial charge >= 0.3 is 5.97 Å². The van der Waals surface area contributed by atoms with E-state index in [1.54, 1.807) is 30.3 Å². The Morgan fingerprint density at radius 2 is 1.80 bits per heavy atom. The average Bonchev–Trinajstić information content (AvgIpc) is 3.01. The van der Waals surface area contributed by atoms with Crippen molar-refractivity contribution < 1.29 is 33.4 Å². The van der Waals surface area contributed by atoms with E-state index in [2.05, 4.69) is 5.32 Å². The first-order chi connectivity index (χ1) is 14.5. The van der Waals surface area contributed by atoms with Crippen molar-refractivity contribution in [3.63, 3.8) is 0 Å². The van der Waals surface area contributed by atoms with E-state index in [4.69, 9.17) is 14.2 Å². The summed E-state index contributed by atoms with van der Waals surface area (Å²) in [5.41, 5.74) is 0.591. The second kappa shape index (κ2) is 8.24. The molecule has 30 heavy (non-hydrogen) atoms. The number of fused-ring (bicyclic) bond motifs is 2. The summed E-state index contributed by atoms with van der Waals surface area (Å²) in [4.78, 5) is 49.1. The molecule has 2 aromatic carbocycles. The van der Waals surface area contributed by atoms with Crippen molar-refractivity contribution >= 4 is 29.3 Å². The highest BCUT2D eigenvalue weighted by Gasteiger charge is 2.36. The molecule has 0 saturated heterocycles. The lowest BCUT2D eigenvalue weighted by Gasteiger charge is -2.26. The Balaban J connectivity index is 1.22.